The standard InChI is InChI=1S/C17H16N2O2/c1-2-15-14(16-5-3-4-10-19(16)18-15)11-12-6-8-13(9-7-12)17(20)21/h3-10H,2,11H2,1H3,(H,20,21). The van der Waals surface area contributed by atoms with Crippen molar-refractivity contribution in [3.8, 4) is 0 Å². The molecule has 0 amide bonds. The quantitative estimate of drug-likeness (QED) is 0.798. The van der Waals surface area contributed by atoms with Crippen molar-refractivity contribution in [3.63, 3.8) is 0 Å². The SMILES string of the molecule is CCc1nn2ccccc2c1Cc1ccc(C(=O)O)cc1. The third-order valence-corrected chi connectivity index (χ3v) is 3.64. The fraction of sp³-hybridized carbons (Fsp3) is 0.176. The van der Waals surface area contributed by atoms with E-state index in [0.717, 1.165) is 29.6 Å². The van der Waals surface area contributed by atoms with Crippen LogP contribution in [0.3, 0.4) is 0 Å². The van der Waals surface area contributed by atoms with Crippen LogP contribution < -0.4 is 0 Å². The van der Waals surface area contributed by atoms with Gasteiger partial charge in [-0.05, 0) is 36.2 Å². The number of carbonyl (C=O) groups is 1. The van der Waals surface area contributed by atoms with Crippen LogP contribution in [0.15, 0.2) is 48.7 Å². The van der Waals surface area contributed by atoms with Gasteiger partial charge in [-0.25, -0.2) is 9.31 Å². The van der Waals surface area contributed by atoms with Gasteiger partial charge in [0.15, 0.2) is 0 Å². The molecule has 0 unspecified atom stereocenters. The zero-order valence-corrected chi connectivity index (χ0v) is 11.8. The first-order valence-electron chi connectivity index (χ1n) is 6.96. The monoisotopic (exact) mass is 280 g/mol. The Kier molecular flexibility index (Phi) is 3.44. The second-order valence-corrected chi connectivity index (χ2v) is 4.99. The first-order valence-corrected chi connectivity index (χ1v) is 6.96. The Balaban J connectivity index is 1.99. The topological polar surface area (TPSA) is 54.6 Å². The summed E-state index contributed by atoms with van der Waals surface area (Å²) < 4.78 is 1.90. The van der Waals surface area contributed by atoms with Crippen LogP contribution in [-0.4, -0.2) is 20.7 Å². The minimum atomic E-state index is -0.896. The van der Waals surface area contributed by atoms with Crippen LogP contribution in [0.1, 0.15) is 34.1 Å². The van der Waals surface area contributed by atoms with Crippen molar-refractivity contribution in [2.24, 2.45) is 0 Å². The number of fused-ring (bicyclic) bond motifs is 1. The van der Waals surface area contributed by atoms with E-state index in [-0.39, 0.29) is 0 Å². The average Bonchev–Trinajstić information content (AvgIpc) is 2.86. The van der Waals surface area contributed by atoms with E-state index in [9.17, 15) is 4.79 Å². The van der Waals surface area contributed by atoms with Gasteiger partial charge in [-0.15, -0.1) is 0 Å². The van der Waals surface area contributed by atoms with E-state index < -0.39 is 5.97 Å². The van der Waals surface area contributed by atoms with Crippen LogP contribution in [0.5, 0.6) is 0 Å². The number of carboxylic acids is 1. The summed E-state index contributed by atoms with van der Waals surface area (Å²) in [4.78, 5) is 10.9. The fourth-order valence-electron chi connectivity index (χ4n) is 2.54. The number of nitrogens with zero attached hydrogens (tertiary/aromatic N) is 2. The molecule has 3 aromatic rings. The van der Waals surface area contributed by atoms with Crippen LogP contribution in [0.25, 0.3) is 5.52 Å². The van der Waals surface area contributed by atoms with Crippen LogP contribution in [0.2, 0.25) is 0 Å². The number of pyridine rings is 1. The fourth-order valence-corrected chi connectivity index (χ4v) is 2.54. The first kappa shape index (κ1) is 13.4. The van der Waals surface area contributed by atoms with Gasteiger partial charge in [-0.3, -0.25) is 0 Å². The number of aromatic nitrogens is 2. The minimum absolute atomic E-state index is 0.314. The maximum absolute atomic E-state index is 10.9. The van der Waals surface area contributed by atoms with Crippen molar-refractivity contribution in [2.75, 3.05) is 0 Å². The van der Waals surface area contributed by atoms with Gasteiger partial charge in [0.1, 0.15) is 0 Å². The van der Waals surface area contributed by atoms with E-state index in [1.54, 1.807) is 12.1 Å². The predicted molar refractivity (Wildman–Crippen MR) is 80.8 cm³/mol. The molecule has 1 N–H and O–H groups in total. The molecule has 2 aromatic heterocycles. The van der Waals surface area contributed by atoms with E-state index in [2.05, 4.69) is 18.1 Å². The predicted octanol–water partition coefficient (Wildman–Crippen LogP) is 3.19. The highest BCUT2D eigenvalue weighted by Crippen LogP contribution is 2.20. The molecule has 4 heteroatoms. The smallest absolute Gasteiger partial charge is 0.335 e. The Morgan fingerprint density at radius 2 is 1.95 bits per heavy atom. The second kappa shape index (κ2) is 5.40. The molecule has 2 heterocycles. The summed E-state index contributed by atoms with van der Waals surface area (Å²) in [6, 6.07) is 13.1. The molecule has 0 aliphatic carbocycles. The lowest BCUT2D eigenvalue weighted by Crippen LogP contribution is -1.97. The van der Waals surface area contributed by atoms with Crippen molar-refractivity contribution < 1.29 is 9.90 Å². The van der Waals surface area contributed by atoms with Crippen LogP contribution in [0.4, 0.5) is 0 Å². The lowest BCUT2D eigenvalue weighted by atomic mass is 10.0. The zero-order chi connectivity index (χ0) is 14.8. The highest BCUT2D eigenvalue weighted by Gasteiger charge is 2.11. The van der Waals surface area contributed by atoms with Gasteiger partial charge in [0, 0.05) is 18.2 Å². The molecule has 0 saturated carbocycles. The molecule has 0 aliphatic heterocycles. The summed E-state index contributed by atoms with van der Waals surface area (Å²) in [7, 11) is 0. The number of benzene rings is 1. The molecule has 0 saturated heterocycles. The number of rotatable bonds is 4. The largest absolute Gasteiger partial charge is 0.478 e. The lowest BCUT2D eigenvalue weighted by Gasteiger charge is -2.03. The summed E-state index contributed by atoms with van der Waals surface area (Å²) in [5, 5.41) is 13.5. The number of hydrogen-bond acceptors (Lipinski definition) is 2. The number of carboxylic acid groups (broad SMARTS) is 1. The van der Waals surface area contributed by atoms with E-state index in [0.29, 0.717) is 5.56 Å². The van der Waals surface area contributed by atoms with Gasteiger partial charge in [0.25, 0.3) is 0 Å². The summed E-state index contributed by atoms with van der Waals surface area (Å²) in [5.74, 6) is -0.896. The third kappa shape index (κ3) is 2.52. The normalized spacial score (nSPS) is 10.9. The molecule has 106 valence electrons. The van der Waals surface area contributed by atoms with Crippen LogP contribution >= 0.6 is 0 Å². The van der Waals surface area contributed by atoms with Crippen molar-refractivity contribution >= 4 is 11.5 Å². The Morgan fingerprint density at radius 1 is 1.19 bits per heavy atom. The Hall–Kier alpha value is -2.62. The molecule has 0 bridgehead atoms. The Morgan fingerprint density at radius 3 is 2.62 bits per heavy atom. The van der Waals surface area contributed by atoms with Crippen molar-refractivity contribution in [3.05, 3.63) is 71.0 Å². The molecule has 1 aromatic carbocycles. The summed E-state index contributed by atoms with van der Waals surface area (Å²) in [6.07, 6.45) is 3.59. The van der Waals surface area contributed by atoms with E-state index in [1.807, 2.05) is 35.0 Å². The van der Waals surface area contributed by atoms with Gasteiger partial charge in [0.05, 0.1) is 16.8 Å². The second-order valence-electron chi connectivity index (χ2n) is 4.99. The molecular formula is C17H16N2O2. The lowest BCUT2D eigenvalue weighted by molar-refractivity contribution is 0.0697. The van der Waals surface area contributed by atoms with Gasteiger partial charge in [-0.1, -0.05) is 25.1 Å². The van der Waals surface area contributed by atoms with Gasteiger partial charge < -0.3 is 5.11 Å². The molecule has 21 heavy (non-hydrogen) atoms. The molecule has 4 nitrogen and oxygen atoms in total. The van der Waals surface area contributed by atoms with Crippen molar-refractivity contribution in [2.45, 2.75) is 19.8 Å². The van der Waals surface area contributed by atoms with Crippen LogP contribution in [-0.2, 0) is 12.8 Å². The third-order valence-electron chi connectivity index (χ3n) is 3.64. The van der Waals surface area contributed by atoms with Crippen LogP contribution in [0, 0.1) is 0 Å². The minimum Gasteiger partial charge on any atom is -0.478 e. The zero-order valence-electron chi connectivity index (χ0n) is 11.8. The number of hydrogen-bond donors (Lipinski definition) is 1. The molecule has 0 spiro atoms. The molecule has 0 fully saturated rings. The van der Waals surface area contributed by atoms with Gasteiger partial charge >= 0.3 is 5.97 Å². The average molecular weight is 280 g/mol. The molecule has 3 rings (SSSR count). The molecule has 0 radical (unpaired) electrons. The Labute approximate surface area is 122 Å². The van der Waals surface area contributed by atoms with E-state index in [4.69, 9.17) is 5.11 Å². The molecule has 0 aliphatic rings. The van der Waals surface area contributed by atoms with Gasteiger partial charge in [0.2, 0.25) is 0 Å². The van der Waals surface area contributed by atoms with E-state index in [1.165, 1.54) is 5.56 Å². The first-order chi connectivity index (χ1) is 10.2. The maximum Gasteiger partial charge on any atom is 0.335 e. The number of aryl methyl sites for hydroxylation is 1. The highest BCUT2D eigenvalue weighted by atomic mass is 16.4. The highest BCUT2D eigenvalue weighted by molar-refractivity contribution is 5.87. The van der Waals surface area contributed by atoms with Crippen molar-refractivity contribution in [1.29, 1.82) is 0 Å². The Bertz CT molecular complexity index is 788. The maximum atomic E-state index is 10.9. The summed E-state index contributed by atoms with van der Waals surface area (Å²) in [5.41, 5.74) is 4.81. The number of aromatic carboxylic acids is 1. The molecule has 0 atom stereocenters. The van der Waals surface area contributed by atoms with Crippen molar-refractivity contribution in [1.82, 2.24) is 9.61 Å². The summed E-state index contributed by atoms with van der Waals surface area (Å²) >= 11 is 0. The summed E-state index contributed by atoms with van der Waals surface area (Å²) in [6.45, 7) is 2.10. The molecular weight excluding hydrogens is 264 g/mol. The van der Waals surface area contributed by atoms with E-state index >= 15 is 0 Å². The van der Waals surface area contributed by atoms with Gasteiger partial charge in [-0.2, -0.15) is 5.10 Å².